The van der Waals surface area contributed by atoms with Crippen LogP contribution in [0, 0.1) is 5.82 Å². The topological polar surface area (TPSA) is 111 Å². The van der Waals surface area contributed by atoms with Crippen LogP contribution in [0.15, 0.2) is 76.6 Å². The van der Waals surface area contributed by atoms with E-state index in [4.69, 9.17) is 14.2 Å². The molecule has 1 atom stereocenters. The number of methoxy groups -OCH3 is 1. The number of carbonyl (C=O) groups is 2. The van der Waals surface area contributed by atoms with Crippen LogP contribution in [0.1, 0.15) is 75.1 Å². The second-order valence-corrected chi connectivity index (χ2v) is 13.7. The van der Waals surface area contributed by atoms with E-state index in [1.54, 1.807) is 54.6 Å². The minimum absolute atomic E-state index is 0.0874. The molecule has 1 aliphatic heterocycles. The molecule has 1 aromatic heterocycles. The molecule has 4 aromatic rings. The maximum Gasteiger partial charge on any atom is 0.301 e. The third-order valence-corrected chi connectivity index (χ3v) is 10.1. The third kappa shape index (κ3) is 8.79. The fourth-order valence-electron chi connectivity index (χ4n) is 5.31. The van der Waals surface area contributed by atoms with Crippen molar-refractivity contribution in [2.45, 2.75) is 68.5 Å². The summed E-state index contributed by atoms with van der Waals surface area (Å²) in [6, 6.07) is 17.1. The first-order valence-corrected chi connectivity index (χ1v) is 18.2. The van der Waals surface area contributed by atoms with Crippen molar-refractivity contribution in [3.63, 3.8) is 0 Å². The number of rotatable bonds is 17. The molecule has 0 aliphatic carbocycles. The zero-order chi connectivity index (χ0) is 34.8. The summed E-state index contributed by atoms with van der Waals surface area (Å²) in [4.78, 5) is 28.8. The number of anilines is 1. The van der Waals surface area contributed by atoms with Gasteiger partial charge in [-0.25, -0.2) is 4.39 Å². The highest BCUT2D eigenvalue weighted by atomic mass is 32.2. The Morgan fingerprint density at radius 1 is 0.898 bits per heavy atom. The van der Waals surface area contributed by atoms with Crippen molar-refractivity contribution in [1.82, 2.24) is 10.2 Å². The fourth-order valence-corrected chi connectivity index (χ4v) is 7.14. The van der Waals surface area contributed by atoms with Crippen LogP contribution < -0.4 is 19.1 Å². The van der Waals surface area contributed by atoms with Crippen molar-refractivity contribution in [2.24, 2.45) is 0 Å². The smallest absolute Gasteiger partial charge is 0.301 e. The predicted molar refractivity (Wildman–Crippen MR) is 190 cm³/mol. The number of ketones is 1. The van der Waals surface area contributed by atoms with E-state index in [0.29, 0.717) is 51.7 Å². The Bertz CT molecular complexity index is 1760. The minimum Gasteiger partial charge on any atom is -0.507 e. The first-order chi connectivity index (χ1) is 23.8. The largest absolute Gasteiger partial charge is 0.507 e. The van der Waals surface area contributed by atoms with E-state index in [-0.39, 0.29) is 22.3 Å². The number of benzene rings is 3. The summed E-state index contributed by atoms with van der Waals surface area (Å²) >= 11 is 2.53. The van der Waals surface area contributed by atoms with Gasteiger partial charge in [0.15, 0.2) is 15.8 Å². The van der Waals surface area contributed by atoms with Gasteiger partial charge in [-0.1, -0.05) is 80.8 Å². The summed E-state index contributed by atoms with van der Waals surface area (Å²) in [6.07, 6.45) is 6.12. The number of amides is 1. The molecule has 0 spiro atoms. The molecule has 1 unspecified atom stereocenters. The van der Waals surface area contributed by atoms with E-state index < -0.39 is 17.7 Å². The maximum absolute atomic E-state index is 13.8. The van der Waals surface area contributed by atoms with Gasteiger partial charge in [0.05, 0.1) is 31.9 Å². The summed E-state index contributed by atoms with van der Waals surface area (Å²) in [5, 5.41) is 20.4. The summed E-state index contributed by atoms with van der Waals surface area (Å²) in [5.41, 5.74) is 1.68. The number of halogens is 1. The maximum atomic E-state index is 13.8. The molecule has 1 aliphatic rings. The van der Waals surface area contributed by atoms with Gasteiger partial charge in [0, 0.05) is 11.3 Å². The third-order valence-electron chi connectivity index (χ3n) is 7.98. The van der Waals surface area contributed by atoms with Gasteiger partial charge in [-0.05, 0) is 72.5 Å². The summed E-state index contributed by atoms with van der Waals surface area (Å²) in [5.74, 6) is -0.222. The number of ether oxygens (including phenoxy) is 3. The Hall–Kier alpha value is -4.42. The van der Waals surface area contributed by atoms with Crippen molar-refractivity contribution in [1.29, 1.82) is 0 Å². The van der Waals surface area contributed by atoms with E-state index in [1.165, 1.54) is 35.9 Å². The van der Waals surface area contributed by atoms with E-state index in [9.17, 15) is 19.1 Å². The van der Waals surface area contributed by atoms with Crippen molar-refractivity contribution in [3.8, 4) is 17.2 Å². The van der Waals surface area contributed by atoms with Gasteiger partial charge < -0.3 is 19.3 Å². The Labute approximate surface area is 294 Å². The highest BCUT2D eigenvalue weighted by molar-refractivity contribution is 8.00. The highest BCUT2D eigenvalue weighted by Crippen LogP contribution is 2.45. The standard InChI is InChI=1S/C37H40FN3O6S2/c1-4-6-8-9-21-47-29-19-14-26(22-30(29)45-3)32-31(33(42)25-12-17-28(18-13-25)46-20-7-5-2)34(43)35(44)41(32)36-39-40-37(49-36)48-23-24-10-15-27(38)16-11-24/h10-19,22,32,42H,4-9,20-21,23H2,1-3H3/b33-31+. The predicted octanol–water partition coefficient (Wildman–Crippen LogP) is 8.74. The Morgan fingerprint density at radius 3 is 2.35 bits per heavy atom. The van der Waals surface area contributed by atoms with E-state index in [2.05, 4.69) is 24.0 Å². The number of aliphatic hydroxyl groups excluding tert-OH is 1. The van der Waals surface area contributed by atoms with Crippen LogP contribution in [0.2, 0.25) is 0 Å². The molecular formula is C37H40FN3O6S2. The van der Waals surface area contributed by atoms with Crippen molar-refractivity contribution in [2.75, 3.05) is 25.2 Å². The van der Waals surface area contributed by atoms with Crippen molar-refractivity contribution < 1.29 is 33.3 Å². The van der Waals surface area contributed by atoms with Gasteiger partial charge in [0.1, 0.15) is 17.3 Å². The van der Waals surface area contributed by atoms with Gasteiger partial charge in [0.25, 0.3) is 5.78 Å². The van der Waals surface area contributed by atoms with E-state index >= 15 is 0 Å². The Kier molecular flexibility index (Phi) is 12.7. The van der Waals surface area contributed by atoms with E-state index in [0.717, 1.165) is 55.4 Å². The number of Topliss-reactive ketones (excluding diaryl/α,β-unsaturated/α-hetero) is 1. The van der Waals surface area contributed by atoms with Gasteiger partial charge >= 0.3 is 5.91 Å². The zero-order valence-electron chi connectivity index (χ0n) is 27.8. The number of aromatic nitrogens is 2. The van der Waals surface area contributed by atoms with Crippen molar-refractivity contribution in [3.05, 3.63) is 94.8 Å². The van der Waals surface area contributed by atoms with Crippen LogP contribution in [0.5, 0.6) is 17.2 Å². The van der Waals surface area contributed by atoms with E-state index in [1.807, 2.05) is 0 Å². The molecule has 1 saturated heterocycles. The first-order valence-electron chi connectivity index (χ1n) is 16.4. The highest BCUT2D eigenvalue weighted by Gasteiger charge is 2.48. The monoisotopic (exact) mass is 705 g/mol. The molecule has 1 amide bonds. The Balaban J connectivity index is 1.49. The molecule has 1 N–H and O–H groups in total. The van der Waals surface area contributed by atoms with Gasteiger partial charge in [-0.2, -0.15) is 0 Å². The quantitative estimate of drug-likeness (QED) is 0.0288. The second kappa shape index (κ2) is 17.3. The van der Waals surface area contributed by atoms with Gasteiger partial charge in [-0.15, -0.1) is 10.2 Å². The van der Waals surface area contributed by atoms with Crippen molar-refractivity contribution >= 4 is 45.7 Å². The molecule has 5 rings (SSSR count). The lowest BCUT2D eigenvalue weighted by Crippen LogP contribution is -2.29. The Morgan fingerprint density at radius 2 is 1.63 bits per heavy atom. The molecule has 2 heterocycles. The lowest BCUT2D eigenvalue weighted by molar-refractivity contribution is -0.132. The zero-order valence-corrected chi connectivity index (χ0v) is 29.4. The molecule has 9 nitrogen and oxygen atoms in total. The molecule has 49 heavy (non-hydrogen) atoms. The number of aliphatic hydroxyl groups is 1. The van der Waals surface area contributed by atoms with Crippen LogP contribution in [-0.4, -0.2) is 47.3 Å². The molecule has 12 heteroatoms. The lowest BCUT2D eigenvalue weighted by atomic mass is 9.95. The molecule has 0 radical (unpaired) electrons. The fraction of sp³-hybridized carbons (Fsp3) is 0.351. The molecule has 1 fully saturated rings. The van der Waals surface area contributed by atoms with Gasteiger partial charge in [-0.3, -0.25) is 14.5 Å². The number of thioether (sulfide) groups is 1. The number of hydrogen-bond donors (Lipinski definition) is 1. The SMILES string of the molecule is CCCCCCOc1ccc(C2/C(=C(\O)c3ccc(OCCCC)cc3)C(=O)C(=O)N2c2nnc(SCc3ccc(F)cc3)s2)cc1OC. The number of hydrogen-bond acceptors (Lipinski definition) is 10. The summed E-state index contributed by atoms with van der Waals surface area (Å²) < 4.78 is 31.4. The lowest BCUT2D eigenvalue weighted by Gasteiger charge is -2.23. The minimum atomic E-state index is -1.03. The average Bonchev–Trinajstić information content (AvgIpc) is 3.69. The average molecular weight is 706 g/mol. The molecular weight excluding hydrogens is 666 g/mol. The molecule has 0 saturated carbocycles. The molecule has 0 bridgehead atoms. The van der Waals surface area contributed by atoms with Crippen LogP contribution in [-0.2, 0) is 15.3 Å². The number of unbranched alkanes of at least 4 members (excludes halogenated alkanes) is 4. The summed E-state index contributed by atoms with van der Waals surface area (Å²) in [6.45, 7) is 5.32. The molecule has 3 aromatic carbocycles. The van der Waals surface area contributed by atoms with Crippen LogP contribution >= 0.6 is 23.1 Å². The normalized spacial score (nSPS) is 15.5. The number of carbonyl (C=O) groups excluding carboxylic acids is 2. The molecule has 258 valence electrons. The van der Waals surface area contributed by atoms with Crippen LogP contribution in [0.4, 0.5) is 9.52 Å². The summed E-state index contributed by atoms with van der Waals surface area (Å²) in [7, 11) is 1.53. The second-order valence-electron chi connectivity index (χ2n) is 11.5. The van der Waals surface area contributed by atoms with Gasteiger partial charge in [0.2, 0.25) is 5.13 Å². The van der Waals surface area contributed by atoms with Crippen LogP contribution in [0.25, 0.3) is 5.76 Å². The van der Waals surface area contributed by atoms with Crippen LogP contribution in [0.3, 0.4) is 0 Å². The first kappa shape index (κ1) is 35.9. The number of nitrogens with zero attached hydrogens (tertiary/aromatic N) is 3.